The molecule has 0 radical (unpaired) electrons. The van der Waals surface area contributed by atoms with Crippen LogP contribution in [0.4, 0.5) is 0 Å². The van der Waals surface area contributed by atoms with Crippen LogP contribution in [0, 0.1) is 6.92 Å². The van der Waals surface area contributed by atoms with Crippen LogP contribution >= 0.6 is 15.9 Å². The molecule has 0 spiro atoms. The smallest absolute Gasteiger partial charge is 0.110 e. The van der Waals surface area contributed by atoms with Crippen molar-refractivity contribution in [3.63, 3.8) is 0 Å². The zero-order chi connectivity index (χ0) is 12.5. The number of nitrogens with zero attached hydrogens (tertiary/aromatic N) is 1. The lowest BCUT2D eigenvalue weighted by Crippen LogP contribution is -2.12. The summed E-state index contributed by atoms with van der Waals surface area (Å²) < 4.78 is 1.06. The monoisotopic (exact) mass is 300 g/mol. The van der Waals surface area contributed by atoms with E-state index in [2.05, 4.69) is 69.6 Å². The number of hydrogen-bond acceptors (Lipinski definition) is 2. The van der Waals surface area contributed by atoms with Crippen LogP contribution in [0.5, 0.6) is 0 Å². The minimum Gasteiger partial charge on any atom is -0.352 e. The molecule has 0 amide bonds. The summed E-state index contributed by atoms with van der Waals surface area (Å²) in [5.74, 6) is 0. The third kappa shape index (κ3) is 1.85. The Morgan fingerprint density at radius 3 is 2.83 bits per heavy atom. The van der Waals surface area contributed by atoms with Crippen molar-refractivity contribution in [1.29, 1.82) is 0 Å². The van der Waals surface area contributed by atoms with E-state index < -0.39 is 0 Å². The Morgan fingerprint density at radius 2 is 2.00 bits per heavy atom. The van der Waals surface area contributed by atoms with Crippen molar-refractivity contribution in [2.45, 2.75) is 13.0 Å². The molecule has 0 fully saturated rings. The van der Waals surface area contributed by atoms with E-state index in [1.165, 1.54) is 21.9 Å². The number of fused-ring (bicyclic) bond motifs is 1. The van der Waals surface area contributed by atoms with Gasteiger partial charge in [0.1, 0.15) is 6.04 Å². The number of rotatable bonds is 1. The molecule has 1 atom stereocenters. The molecule has 0 bridgehead atoms. The van der Waals surface area contributed by atoms with Crippen molar-refractivity contribution < 1.29 is 0 Å². The fourth-order valence-electron chi connectivity index (χ4n) is 2.36. The van der Waals surface area contributed by atoms with Gasteiger partial charge in [0.2, 0.25) is 0 Å². The predicted molar refractivity (Wildman–Crippen MR) is 80.1 cm³/mol. The van der Waals surface area contributed by atoms with Gasteiger partial charge >= 0.3 is 0 Å². The molecule has 1 aliphatic rings. The van der Waals surface area contributed by atoms with Gasteiger partial charge in [-0.25, -0.2) is 0 Å². The lowest BCUT2D eigenvalue weighted by Gasteiger charge is -2.20. The molecule has 90 valence electrons. The molecular formula is C15H13BrN2. The van der Waals surface area contributed by atoms with E-state index >= 15 is 0 Å². The van der Waals surface area contributed by atoms with E-state index in [1.807, 2.05) is 6.20 Å². The molecule has 0 aromatic heterocycles. The quantitative estimate of drug-likeness (QED) is 0.844. The third-order valence-electron chi connectivity index (χ3n) is 3.24. The molecule has 1 N–H and O–H groups in total. The van der Waals surface area contributed by atoms with Crippen LogP contribution in [0.3, 0.4) is 0 Å². The topological polar surface area (TPSA) is 24.4 Å². The van der Waals surface area contributed by atoms with E-state index in [-0.39, 0.29) is 6.04 Å². The minimum absolute atomic E-state index is 0.0531. The normalized spacial score (nSPS) is 18.6. The maximum atomic E-state index is 4.54. The fraction of sp³-hybridized carbons (Fsp3) is 0.133. The van der Waals surface area contributed by atoms with Gasteiger partial charge in [-0.15, -0.1) is 0 Å². The summed E-state index contributed by atoms with van der Waals surface area (Å²) in [6, 6.07) is 12.8. The number of nitrogens with one attached hydrogen (secondary N) is 1. The van der Waals surface area contributed by atoms with Gasteiger partial charge in [0, 0.05) is 10.7 Å². The largest absolute Gasteiger partial charge is 0.352 e. The van der Waals surface area contributed by atoms with Crippen LogP contribution in [0.2, 0.25) is 0 Å². The average Bonchev–Trinajstić information content (AvgIpc) is 2.40. The summed E-state index contributed by atoms with van der Waals surface area (Å²) >= 11 is 3.60. The Hall–Kier alpha value is -1.61. The summed E-state index contributed by atoms with van der Waals surface area (Å²) in [4.78, 5) is 4.54. The number of aliphatic imine (C=N–C) groups is 1. The second-order valence-electron chi connectivity index (χ2n) is 4.39. The lowest BCUT2D eigenvalue weighted by molar-refractivity contribution is 0.873. The number of halogens is 1. The lowest BCUT2D eigenvalue weighted by atomic mass is 9.94. The van der Waals surface area contributed by atoms with Crippen LogP contribution < -0.4 is 5.32 Å². The van der Waals surface area contributed by atoms with E-state index in [9.17, 15) is 0 Å². The Labute approximate surface area is 115 Å². The molecule has 1 heterocycles. The van der Waals surface area contributed by atoms with E-state index in [0.717, 1.165) is 4.48 Å². The number of aryl methyl sites for hydroxylation is 1. The Kier molecular flexibility index (Phi) is 2.92. The van der Waals surface area contributed by atoms with Crippen LogP contribution in [0.15, 0.2) is 52.1 Å². The van der Waals surface area contributed by atoms with E-state index in [0.29, 0.717) is 0 Å². The first kappa shape index (κ1) is 11.5. The maximum absolute atomic E-state index is 4.54. The van der Waals surface area contributed by atoms with Gasteiger partial charge in [-0.2, -0.15) is 0 Å². The first-order valence-electron chi connectivity index (χ1n) is 5.89. The van der Waals surface area contributed by atoms with Crippen molar-refractivity contribution in [3.05, 3.63) is 58.2 Å². The van der Waals surface area contributed by atoms with Gasteiger partial charge in [-0.3, -0.25) is 4.99 Å². The molecule has 2 aromatic rings. The predicted octanol–water partition coefficient (Wildman–Crippen LogP) is 4.06. The highest BCUT2D eigenvalue weighted by Crippen LogP contribution is 2.37. The molecule has 0 saturated heterocycles. The molecule has 2 aromatic carbocycles. The summed E-state index contributed by atoms with van der Waals surface area (Å²) in [6.07, 6.45) is 3.69. The van der Waals surface area contributed by atoms with Crippen LogP contribution in [0.25, 0.3) is 10.8 Å². The van der Waals surface area contributed by atoms with Gasteiger partial charge in [-0.1, -0.05) is 52.3 Å². The van der Waals surface area contributed by atoms with Gasteiger partial charge in [0.15, 0.2) is 0 Å². The second-order valence-corrected chi connectivity index (χ2v) is 5.31. The summed E-state index contributed by atoms with van der Waals surface area (Å²) in [6.45, 7) is 2.14. The van der Waals surface area contributed by atoms with Crippen molar-refractivity contribution in [3.8, 4) is 0 Å². The summed E-state index contributed by atoms with van der Waals surface area (Å²) in [7, 11) is 0. The molecule has 1 unspecified atom stereocenters. The molecule has 0 aliphatic carbocycles. The Balaban J connectivity index is 2.27. The number of hydrogen-bond donors (Lipinski definition) is 1. The Bertz CT molecular complexity index is 659. The molecule has 18 heavy (non-hydrogen) atoms. The van der Waals surface area contributed by atoms with Gasteiger partial charge in [0.25, 0.3) is 0 Å². The van der Waals surface area contributed by atoms with E-state index in [4.69, 9.17) is 0 Å². The molecule has 1 aliphatic heterocycles. The highest BCUT2D eigenvalue weighted by atomic mass is 79.9. The summed E-state index contributed by atoms with van der Waals surface area (Å²) in [5.41, 5.74) is 2.54. The third-order valence-corrected chi connectivity index (χ3v) is 3.91. The molecule has 2 nitrogen and oxygen atoms in total. The average molecular weight is 301 g/mol. The second kappa shape index (κ2) is 4.58. The number of benzene rings is 2. The van der Waals surface area contributed by atoms with Crippen molar-refractivity contribution >= 4 is 33.0 Å². The summed E-state index contributed by atoms with van der Waals surface area (Å²) in [5, 5.41) is 5.53. The van der Waals surface area contributed by atoms with Crippen LogP contribution in [0.1, 0.15) is 17.2 Å². The minimum atomic E-state index is 0.0531. The zero-order valence-corrected chi connectivity index (χ0v) is 11.6. The Morgan fingerprint density at radius 1 is 1.17 bits per heavy atom. The fourth-order valence-corrected chi connectivity index (χ4v) is 2.84. The molecule has 3 heteroatoms. The van der Waals surface area contributed by atoms with Crippen LogP contribution in [-0.4, -0.2) is 6.34 Å². The van der Waals surface area contributed by atoms with Crippen molar-refractivity contribution in [1.82, 2.24) is 5.32 Å². The molecule has 0 saturated carbocycles. The first-order valence-corrected chi connectivity index (χ1v) is 6.68. The molecular weight excluding hydrogens is 288 g/mol. The van der Waals surface area contributed by atoms with Crippen LogP contribution in [-0.2, 0) is 0 Å². The highest BCUT2D eigenvalue weighted by molar-refractivity contribution is 9.11. The zero-order valence-electron chi connectivity index (χ0n) is 10.0. The van der Waals surface area contributed by atoms with E-state index in [1.54, 1.807) is 6.34 Å². The highest BCUT2D eigenvalue weighted by Gasteiger charge is 2.19. The SMILES string of the molecule is Cc1ccc2ccccc2c1C1N=CNC=C1Br. The van der Waals surface area contributed by atoms with Gasteiger partial charge in [-0.05, 0) is 28.8 Å². The molecule has 3 rings (SSSR count). The van der Waals surface area contributed by atoms with Crippen molar-refractivity contribution in [2.75, 3.05) is 0 Å². The van der Waals surface area contributed by atoms with Gasteiger partial charge in [0.05, 0.1) is 6.34 Å². The standard InChI is InChI=1S/C15H13BrN2/c1-10-6-7-11-4-2-3-5-12(11)14(10)15-13(16)8-17-9-18-15/h2-9,15H,1H3,(H,17,18). The maximum Gasteiger partial charge on any atom is 0.110 e. The van der Waals surface area contributed by atoms with Crippen molar-refractivity contribution in [2.24, 2.45) is 4.99 Å². The van der Waals surface area contributed by atoms with Gasteiger partial charge < -0.3 is 5.32 Å². The first-order chi connectivity index (χ1) is 8.77.